The van der Waals surface area contributed by atoms with Gasteiger partial charge in [-0.05, 0) is 57.0 Å². The number of carbonyl (C=O) groups is 2. The lowest BCUT2D eigenvalue weighted by atomic mass is 10.2. The maximum Gasteiger partial charge on any atom is 0.246 e. The minimum atomic E-state index is -0.0773. The lowest BCUT2D eigenvalue weighted by Gasteiger charge is -2.20. The molecule has 0 aliphatic carbocycles. The third-order valence-electron chi connectivity index (χ3n) is 5.82. The van der Waals surface area contributed by atoms with E-state index in [-0.39, 0.29) is 18.4 Å². The van der Waals surface area contributed by atoms with Gasteiger partial charge in [-0.2, -0.15) is 0 Å². The van der Waals surface area contributed by atoms with Gasteiger partial charge in [0.15, 0.2) is 0 Å². The van der Waals surface area contributed by atoms with Crippen molar-refractivity contribution in [3.8, 4) is 18.0 Å². The van der Waals surface area contributed by atoms with Gasteiger partial charge in [0, 0.05) is 49.3 Å². The third-order valence-corrected chi connectivity index (χ3v) is 5.82. The molecule has 0 unspecified atom stereocenters. The van der Waals surface area contributed by atoms with Crippen LogP contribution in [0.15, 0.2) is 36.4 Å². The van der Waals surface area contributed by atoms with Crippen LogP contribution >= 0.6 is 0 Å². The Bertz CT molecular complexity index is 1030. The highest BCUT2D eigenvalue weighted by atomic mass is 16.2. The summed E-state index contributed by atoms with van der Waals surface area (Å²) in [5, 5.41) is 2.69. The number of aryl methyl sites for hydroxylation is 2. The van der Waals surface area contributed by atoms with Gasteiger partial charge in [0.2, 0.25) is 11.8 Å². The van der Waals surface area contributed by atoms with Crippen molar-refractivity contribution in [1.29, 1.82) is 0 Å². The molecule has 1 fully saturated rings. The quantitative estimate of drug-likeness (QED) is 0.564. The predicted molar refractivity (Wildman–Crippen MR) is 128 cm³/mol. The normalized spacial score (nSPS) is 14.9. The van der Waals surface area contributed by atoms with Gasteiger partial charge < -0.3 is 14.8 Å². The summed E-state index contributed by atoms with van der Waals surface area (Å²) in [6.07, 6.45) is 9.59. The van der Waals surface area contributed by atoms with Crippen molar-refractivity contribution in [3.63, 3.8) is 0 Å². The highest BCUT2D eigenvalue weighted by Gasteiger charge is 2.19. The van der Waals surface area contributed by atoms with Crippen LogP contribution in [-0.2, 0) is 9.59 Å². The van der Waals surface area contributed by atoms with Gasteiger partial charge >= 0.3 is 0 Å². The number of hydrogen-bond acceptors (Lipinski definition) is 3. The summed E-state index contributed by atoms with van der Waals surface area (Å²) < 4.78 is 2.21. The fourth-order valence-corrected chi connectivity index (χ4v) is 4.07. The lowest BCUT2D eigenvalue weighted by molar-refractivity contribution is -0.125. The van der Waals surface area contributed by atoms with E-state index in [1.54, 1.807) is 6.08 Å². The summed E-state index contributed by atoms with van der Waals surface area (Å²) in [6.45, 7) is 9.54. The Kier molecular flexibility index (Phi) is 7.91. The topological polar surface area (TPSA) is 57.6 Å². The molecule has 0 bridgehead atoms. The average molecular weight is 433 g/mol. The van der Waals surface area contributed by atoms with Crippen LogP contribution in [0.25, 0.3) is 11.8 Å². The van der Waals surface area contributed by atoms with Gasteiger partial charge in [0.05, 0.1) is 13.1 Å². The largest absolute Gasteiger partial charge is 0.344 e. The van der Waals surface area contributed by atoms with Gasteiger partial charge in [0.1, 0.15) is 0 Å². The SMILES string of the molecule is C#CCNC(=O)CN1CCCN(C(=O)C=Cc2cc(C)n(-c3ccc(C)cc3)c2C)CC1. The first-order valence-corrected chi connectivity index (χ1v) is 11.0. The van der Waals surface area contributed by atoms with Crippen LogP contribution in [0.4, 0.5) is 0 Å². The number of benzene rings is 1. The summed E-state index contributed by atoms with van der Waals surface area (Å²) >= 11 is 0. The Hall–Kier alpha value is -3.30. The van der Waals surface area contributed by atoms with Gasteiger partial charge in [-0.3, -0.25) is 14.5 Å². The Balaban J connectivity index is 1.62. The maximum atomic E-state index is 12.8. The average Bonchev–Trinajstić information content (AvgIpc) is 2.92. The standard InChI is InChI=1S/C26H32N4O2/c1-5-13-27-25(31)19-28-14-6-15-29(17-16-28)26(32)12-9-23-18-21(3)30(22(23)4)24-10-7-20(2)8-11-24/h1,7-12,18H,6,13-17,19H2,2-4H3,(H,27,31). The first-order valence-electron chi connectivity index (χ1n) is 11.0. The number of carbonyl (C=O) groups excluding carboxylic acids is 2. The second-order valence-corrected chi connectivity index (χ2v) is 8.27. The molecule has 0 spiro atoms. The molecule has 3 rings (SSSR count). The molecule has 0 radical (unpaired) electrons. The molecule has 168 valence electrons. The van der Waals surface area contributed by atoms with Crippen LogP contribution in [0, 0.1) is 33.1 Å². The second-order valence-electron chi connectivity index (χ2n) is 8.27. The molecule has 2 heterocycles. The Morgan fingerprint density at radius 3 is 2.56 bits per heavy atom. The number of amides is 2. The van der Waals surface area contributed by atoms with Gasteiger partial charge in [-0.15, -0.1) is 6.42 Å². The van der Waals surface area contributed by atoms with Crippen LogP contribution in [0.2, 0.25) is 0 Å². The van der Waals surface area contributed by atoms with Crippen molar-refractivity contribution in [2.45, 2.75) is 27.2 Å². The molecule has 0 saturated carbocycles. The number of nitrogens with zero attached hydrogens (tertiary/aromatic N) is 3. The van der Waals surface area contributed by atoms with E-state index in [0.717, 1.165) is 35.6 Å². The van der Waals surface area contributed by atoms with Crippen molar-refractivity contribution in [1.82, 2.24) is 19.7 Å². The van der Waals surface area contributed by atoms with E-state index in [1.165, 1.54) is 5.56 Å². The number of hydrogen-bond donors (Lipinski definition) is 1. The Morgan fingerprint density at radius 2 is 1.84 bits per heavy atom. The van der Waals surface area contributed by atoms with Crippen molar-refractivity contribution in [2.24, 2.45) is 0 Å². The van der Waals surface area contributed by atoms with E-state index in [2.05, 4.69) is 71.8 Å². The smallest absolute Gasteiger partial charge is 0.246 e. The summed E-state index contributed by atoms with van der Waals surface area (Å²) in [7, 11) is 0. The van der Waals surface area contributed by atoms with E-state index in [0.29, 0.717) is 26.2 Å². The van der Waals surface area contributed by atoms with E-state index < -0.39 is 0 Å². The second kappa shape index (κ2) is 10.8. The minimum absolute atomic E-state index is 0.00349. The van der Waals surface area contributed by atoms with Crippen LogP contribution < -0.4 is 5.32 Å². The predicted octanol–water partition coefficient (Wildman–Crippen LogP) is 2.70. The first-order chi connectivity index (χ1) is 15.4. The van der Waals surface area contributed by atoms with E-state index in [4.69, 9.17) is 6.42 Å². The first kappa shape index (κ1) is 23.4. The number of terminal acetylenes is 1. The fourth-order valence-electron chi connectivity index (χ4n) is 4.07. The molecule has 1 saturated heterocycles. The zero-order valence-corrected chi connectivity index (χ0v) is 19.2. The summed E-state index contributed by atoms with van der Waals surface area (Å²) in [4.78, 5) is 28.6. The highest BCUT2D eigenvalue weighted by molar-refractivity contribution is 5.92. The van der Waals surface area contributed by atoms with E-state index in [9.17, 15) is 9.59 Å². The van der Waals surface area contributed by atoms with Crippen molar-refractivity contribution in [3.05, 3.63) is 58.9 Å². The molecule has 1 N–H and O–H groups in total. The van der Waals surface area contributed by atoms with Gasteiger partial charge in [-0.1, -0.05) is 23.6 Å². The zero-order chi connectivity index (χ0) is 23.1. The van der Waals surface area contributed by atoms with Crippen molar-refractivity contribution < 1.29 is 9.59 Å². The monoisotopic (exact) mass is 432 g/mol. The van der Waals surface area contributed by atoms with Crippen molar-refractivity contribution >= 4 is 17.9 Å². The molecule has 1 aliphatic rings. The van der Waals surface area contributed by atoms with E-state index >= 15 is 0 Å². The summed E-state index contributed by atoms with van der Waals surface area (Å²) in [5.74, 6) is 2.33. The molecule has 0 atom stereocenters. The van der Waals surface area contributed by atoms with Crippen molar-refractivity contribution in [2.75, 3.05) is 39.3 Å². The number of rotatable bonds is 6. The molecule has 1 aromatic carbocycles. The summed E-state index contributed by atoms with van der Waals surface area (Å²) in [6, 6.07) is 10.6. The van der Waals surface area contributed by atoms with Crippen LogP contribution in [0.1, 0.15) is 28.9 Å². The van der Waals surface area contributed by atoms with Gasteiger partial charge in [-0.25, -0.2) is 0 Å². The van der Waals surface area contributed by atoms with Crippen LogP contribution in [0.3, 0.4) is 0 Å². The number of nitrogens with one attached hydrogen (secondary N) is 1. The third kappa shape index (κ3) is 5.89. The van der Waals surface area contributed by atoms with Crippen LogP contribution in [0.5, 0.6) is 0 Å². The van der Waals surface area contributed by atoms with Gasteiger partial charge in [0.25, 0.3) is 0 Å². The molecule has 6 nitrogen and oxygen atoms in total. The molecule has 1 aromatic heterocycles. The fraction of sp³-hybridized carbons (Fsp3) is 0.385. The molecule has 2 amide bonds. The summed E-state index contributed by atoms with van der Waals surface area (Å²) in [5.41, 5.74) is 5.63. The van der Waals surface area contributed by atoms with E-state index in [1.807, 2.05) is 11.0 Å². The van der Waals surface area contributed by atoms with Crippen LogP contribution in [-0.4, -0.2) is 65.4 Å². The number of aromatic nitrogens is 1. The zero-order valence-electron chi connectivity index (χ0n) is 19.2. The lowest BCUT2D eigenvalue weighted by Crippen LogP contribution is -2.39. The molecule has 6 heteroatoms. The minimum Gasteiger partial charge on any atom is -0.344 e. The molecular formula is C26H32N4O2. The Morgan fingerprint density at radius 1 is 1.09 bits per heavy atom. The maximum absolute atomic E-state index is 12.8. The molecule has 32 heavy (non-hydrogen) atoms. The molecular weight excluding hydrogens is 400 g/mol. The molecule has 2 aromatic rings. The Labute approximate surface area is 190 Å². The highest BCUT2D eigenvalue weighted by Crippen LogP contribution is 2.22. The molecule has 1 aliphatic heterocycles.